The van der Waals surface area contributed by atoms with Crippen LogP contribution in [0.15, 0.2) is 12.2 Å². The topological polar surface area (TPSA) is 63.3 Å². The van der Waals surface area contributed by atoms with E-state index in [1.807, 2.05) is 0 Å². The Labute approximate surface area is 131 Å². The zero-order valence-electron chi connectivity index (χ0n) is 13.9. The molecule has 3 heteroatoms. The number of carboxylic acids is 1. The van der Waals surface area contributed by atoms with Gasteiger partial charge in [0.1, 0.15) is 6.04 Å². The first-order chi connectivity index (χ1) is 10.2. The fourth-order valence-corrected chi connectivity index (χ4v) is 2.38. The van der Waals surface area contributed by atoms with Crippen LogP contribution in [0.4, 0.5) is 0 Å². The molecule has 3 N–H and O–H groups in total. The van der Waals surface area contributed by atoms with Crippen LogP contribution >= 0.6 is 0 Å². The molecule has 0 rings (SSSR count). The van der Waals surface area contributed by atoms with Crippen LogP contribution in [0.1, 0.15) is 90.4 Å². The van der Waals surface area contributed by atoms with Crippen molar-refractivity contribution in [1.82, 2.24) is 0 Å². The minimum atomic E-state index is -0.882. The van der Waals surface area contributed by atoms with Gasteiger partial charge in [0.05, 0.1) is 0 Å². The van der Waals surface area contributed by atoms with Crippen LogP contribution in [0.25, 0.3) is 0 Å². The van der Waals surface area contributed by atoms with Crippen molar-refractivity contribution in [3.8, 4) is 0 Å². The van der Waals surface area contributed by atoms with Crippen LogP contribution in [0.5, 0.6) is 0 Å². The molecule has 0 amide bonds. The summed E-state index contributed by atoms with van der Waals surface area (Å²) in [6.45, 7) is 2.25. The van der Waals surface area contributed by atoms with Crippen LogP contribution in [0, 0.1) is 0 Å². The quantitative estimate of drug-likeness (QED) is 0.328. The molecule has 124 valence electrons. The predicted molar refractivity (Wildman–Crippen MR) is 90.4 cm³/mol. The number of aliphatic carboxylic acids is 1. The first-order valence-electron chi connectivity index (χ1n) is 8.81. The van der Waals surface area contributed by atoms with Crippen LogP contribution < -0.4 is 5.73 Å². The normalized spacial score (nSPS) is 12.9. The summed E-state index contributed by atoms with van der Waals surface area (Å²) in [5.41, 5.74) is 5.45. The molecule has 0 heterocycles. The second-order valence-corrected chi connectivity index (χ2v) is 5.96. The van der Waals surface area contributed by atoms with E-state index in [-0.39, 0.29) is 0 Å². The fraction of sp³-hybridized carbons (Fsp3) is 0.833. The van der Waals surface area contributed by atoms with E-state index in [0.717, 1.165) is 19.3 Å². The van der Waals surface area contributed by atoms with Crippen LogP contribution in [-0.2, 0) is 4.79 Å². The highest BCUT2D eigenvalue weighted by molar-refractivity contribution is 5.72. The Morgan fingerprint density at radius 1 is 0.905 bits per heavy atom. The van der Waals surface area contributed by atoms with Gasteiger partial charge >= 0.3 is 5.97 Å². The van der Waals surface area contributed by atoms with Gasteiger partial charge < -0.3 is 10.8 Å². The second-order valence-electron chi connectivity index (χ2n) is 5.96. The Hall–Kier alpha value is -0.830. The number of carbonyl (C=O) groups is 1. The summed E-state index contributed by atoms with van der Waals surface area (Å²) in [5, 5.41) is 8.65. The van der Waals surface area contributed by atoms with E-state index in [1.165, 1.54) is 57.8 Å². The van der Waals surface area contributed by atoms with E-state index < -0.39 is 12.0 Å². The lowest BCUT2D eigenvalue weighted by Crippen LogP contribution is -2.29. The van der Waals surface area contributed by atoms with Crippen molar-refractivity contribution in [3.05, 3.63) is 12.2 Å². The van der Waals surface area contributed by atoms with Crippen molar-refractivity contribution in [2.24, 2.45) is 5.73 Å². The van der Waals surface area contributed by atoms with E-state index in [0.29, 0.717) is 6.42 Å². The summed E-state index contributed by atoms with van der Waals surface area (Å²) < 4.78 is 0. The summed E-state index contributed by atoms with van der Waals surface area (Å²) >= 11 is 0. The van der Waals surface area contributed by atoms with E-state index >= 15 is 0 Å². The molecule has 0 fully saturated rings. The molecular weight excluding hydrogens is 262 g/mol. The zero-order valence-corrected chi connectivity index (χ0v) is 13.9. The molecule has 0 aromatic carbocycles. The van der Waals surface area contributed by atoms with E-state index in [2.05, 4.69) is 19.1 Å². The van der Waals surface area contributed by atoms with Gasteiger partial charge in [0.25, 0.3) is 0 Å². The molecule has 0 spiro atoms. The summed E-state index contributed by atoms with van der Waals surface area (Å²) in [6, 6.07) is -0.678. The van der Waals surface area contributed by atoms with Gasteiger partial charge in [-0.25, -0.2) is 0 Å². The molecule has 0 aliphatic heterocycles. The van der Waals surface area contributed by atoms with Gasteiger partial charge in [-0.3, -0.25) is 4.79 Å². The van der Waals surface area contributed by atoms with Gasteiger partial charge in [-0.1, -0.05) is 70.4 Å². The van der Waals surface area contributed by atoms with Gasteiger partial charge in [0.15, 0.2) is 0 Å². The first-order valence-corrected chi connectivity index (χ1v) is 8.81. The summed E-state index contributed by atoms with van der Waals surface area (Å²) in [4.78, 5) is 10.5. The van der Waals surface area contributed by atoms with E-state index in [4.69, 9.17) is 10.8 Å². The fourth-order valence-electron chi connectivity index (χ4n) is 2.38. The average molecular weight is 297 g/mol. The molecule has 0 aromatic heterocycles. The van der Waals surface area contributed by atoms with Crippen LogP contribution in [0.3, 0.4) is 0 Å². The van der Waals surface area contributed by atoms with Crippen molar-refractivity contribution in [2.45, 2.75) is 96.4 Å². The van der Waals surface area contributed by atoms with Gasteiger partial charge in [-0.2, -0.15) is 0 Å². The summed E-state index contributed by atoms with van der Waals surface area (Å²) in [7, 11) is 0. The second kappa shape index (κ2) is 15.6. The number of allylic oxidation sites excluding steroid dienone is 2. The molecule has 0 saturated carbocycles. The highest BCUT2D eigenvalue weighted by atomic mass is 16.4. The monoisotopic (exact) mass is 297 g/mol. The minimum Gasteiger partial charge on any atom is -0.480 e. The molecule has 1 unspecified atom stereocenters. The minimum absolute atomic E-state index is 0.600. The third kappa shape index (κ3) is 15.4. The van der Waals surface area contributed by atoms with Crippen LogP contribution in [-0.4, -0.2) is 17.1 Å². The lowest BCUT2D eigenvalue weighted by atomic mass is 10.1. The number of nitrogens with two attached hydrogens (primary N) is 1. The van der Waals surface area contributed by atoms with E-state index in [1.54, 1.807) is 0 Å². The maximum atomic E-state index is 10.5. The molecule has 0 aliphatic rings. The third-order valence-corrected chi connectivity index (χ3v) is 3.84. The highest BCUT2D eigenvalue weighted by Gasteiger charge is 2.09. The van der Waals surface area contributed by atoms with Crippen molar-refractivity contribution < 1.29 is 9.90 Å². The Bertz CT molecular complexity index is 264. The smallest absolute Gasteiger partial charge is 0.320 e. The molecule has 3 nitrogen and oxygen atoms in total. The lowest BCUT2D eigenvalue weighted by Gasteiger charge is -2.05. The number of carboxylic acid groups (broad SMARTS) is 1. The molecule has 0 radical (unpaired) electrons. The van der Waals surface area contributed by atoms with Crippen LogP contribution in [0.2, 0.25) is 0 Å². The zero-order chi connectivity index (χ0) is 15.8. The summed E-state index contributed by atoms with van der Waals surface area (Å²) in [5.74, 6) is -0.882. The Morgan fingerprint density at radius 3 is 1.90 bits per heavy atom. The maximum absolute atomic E-state index is 10.5. The summed E-state index contributed by atoms with van der Waals surface area (Å²) in [6.07, 6.45) is 20.2. The lowest BCUT2D eigenvalue weighted by molar-refractivity contribution is -0.138. The average Bonchev–Trinajstić information content (AvgIpc) is 2.47. The highest BCUT2D eigenvalue weighted by Crippen LogP contribution is 2.09. The van der Waals surface area contributed by atoms with Gasteiger partial charge in [0.2, 0.25) is 0 Å². The Morgan fingerprint density at radius 2 is 1.38 bits per heavy atom. The van der Waals surface area contributed by atoms with Crippen molar-refractivity contribution in [1.29, 1.82) is 0 Å². The number of hydrogen-bond donors (Lipinski definition) is 2. The predicted octanol–water partition coefficient (Wildman–Crippen LogP) is 5.05. The SMILES string of the molecule is CCCCCCCC/C=C/CCCCCCC(N)C(=O)O. The van der Waals surface area contributed by atoms with E-state index in [9.17, 15) is 4.79 Å². The molecule has 1 atom stereocenters. The Kier molecular flexibility index (Phi) is 14.9. The standard InChI is InChI=1S/C18H35NO2/c1-2-3-4-5-6-7-8-9-10-11-12-13-14-15-16-17(19)18(20)21/h9-10,17H,2-8,11-16,19H2,1H3,(H,20,21)/b10-9+. The van der Waals surface area contributed by atoms with Gasteiger partial charge in [-0.15, -0.1) is 0 Å². The largest absolute Gasteiger partial charge is 0.480 e. The first kappa shape index (κ1) is 20.2. The van der Waals surface area contributed by atoms with Crippen molar-refractivity contribution >= 4 is 5.97 Å². The number of hydrogen-bond acceptors (Lipinski definition) is 2. The maximum Gasteiger partial charge on any atom is 0.320 e. The third-order valence-electron chi connectivity index (χ3n) is 3.84. The van der Waals surface area contributed by atoms with Crippen molar-refractivity contribution in [3.63, 3.8) is 0 Å². The molecular formula is C18H35NO2. The number of unbranched alkanes of at least 4 members (excludes halogenated alkanes) is 10. The number of rotatable bonds is 15. The van der Waals surface area contributed by atoms with Gasteiger partial charge in [-0.05, 0) is 32.1 Å². The molecule has 0 aliphatic carbocycles. The van der Waals surface area contributed by atoms with Crippen molar-refractivity contribution in [2.75, 3.05) is 0 Å². The molecule has 0 aromatic rings. The Balaban J connectivity index is 3.17. The van der Waals surface area contributed by atoms with Gasteiger partial charge in [0, 0.05) is 0 Å². The molecule has 0 saturated heterocycles. The molecule has 0 bridgehead atoms. The molecule has 21 heavy (non-hydrogen) atoms.